The molecule has 0 aliphatic carbocycles. The molecular formula is C21H36O2. The lowest BCUT2D eigenvalue weighted by atomic mass is 9.92. The molecule has 23 heavy (non-hydrogen) atoms. The van der Waals surface area contributed by atoms with Crippen molar-refractivity contribution in [2.24, 2.45) is 5.92 Å². The highest BCUT2D eigenvalue weighted by Gasteiger charge is 2.16. The van der Waals surface area contributed by atoms with E-state index >= 15 is 0 Å². The molecule has 0 fully saturated rings. The second-order valence-electron chi connectivity index (χ2n) is 7.88. The topological polar surface area (TPSA) is 29.5 Å². The molecule has 1 aromatic carbocycles. The third-order valence-corrected chi connectivity index (χ3v) is 4.95. The van der Waals surface area contributed by atoms with Gasteiger partial charge in [-0.25, -0.2) is 0 Å². The summed E-state index contributed by atoms with van der Waals surface area (Å²) in [5.74, 6) is 1.19. The third kappa shape index (κ3) is 7.50. The van der Waals surface area contributed by atoms with E-state index in [-0.39, 0.29) is 11.7 Å². The first-order chi connectivity index (χ1) is 10.7. The largest absolute Gasteiger partial charge is 0.388 e. The number of rotatable bonds is 10. The number of hydrogen-bond acceptors (Lipinski definition) is 2. The summed E-state index contributed by atoms with van der Waals surface area (Å²) in [5.41, 5.74) is 2.36. The first kappa shape index (κ1) is 20.2. The lowest BCUT2D eigenvalue weighted by molar-refractivity contribution is 0.0125. The lowest BCUT2D eigenvalue weighted by Crippen LogP contribution is -2.22. The Morgan fingerprint density at radius 2 is 1.52 bits per heavy atom. The fraction of sp³-hybridized carbons (Fsp3) is 0.714. The van der Waals surface area contributed by atoms with E-state index in [4.69, 9.17) is 4.74 Å². The first-order valence-corrected chi connectivity index (χ1v) is 9.08. The minimum atomic E-state index is -0.339. The molecule has 2 atom stereocenters. The molecule has 2 heteroatoms. The van der Waals surface area contributed by atoms with Crippen molar-refractivity contribution < 1.29 is 9.84 Å². The number of methoxy groups -OCH3 is 1. The zero-order chi connectivity index (χ0) is 17.5. The normalized spacial score (nSPS) is 15.0. The van der Waals surface area contributed by atoms with Gasteiger partial charge in [-0.3, -0.25) is 0 Å². The molecule has 0 amide bonds. The highest BCUT2D eigenvalue weighted by Crippen LogP contribution is 2.26. The summed E-state index contributed by atoms with van der Waals surface area (Å²) >= 11 is 0. The summed E-state index contributed by atoms with van der Waals surface area (Å²) in [6.45, 7) is 11.0. The Labute approximate surface area is 143 Å². The molecule has 0 bridgehead atoms. The van der Waals surface area contributed by atoms with Crippen molar-refractivity contribution in [3.05, 3.63) is 35.4 Å². The maximum Gasteiger partial charge on any atom is 0.0790 e. The van der Waals surface area contributed by atoms with Crippen LogP contribution in [0.3, 0.4) is 0 Å². The Morgan fingerprint density at radius 1 is 0.957 bits per heavy atom. The average molecular weight is 321 g/mol. The van der Waals surface area contributed by atoms with E-state index in [0.717, 1.165) is 24.8 Å². The van der Waals surface area contributed by atoms with E-state index in [1.165, 1.54) is 18.4 Å². The van der Waals surface area contributed by atoms with Crippen molar-refractivity contribution in [2.45, 2.75) is 84.3 Å². The Bertz CT molecular complexity index is 434. The summed E-state index contributed by atoms with van der Waals surface area (Å²) < 4.78 is 5.46. The van der Waals surface area contributed by atoms with Gasteiger partial charge in [0.15, 0.2) is 0 Å². The molecular weight excluding hydrogens is 284 g/mol. The highest BCUT2D eigenvalue weighted by atomic mass is 16.5. The van der Waals surface area contributed by atoms with Crippen LogP contribution in [0.15, 0.2) is 24.3 Å². The minimum Gasteiger partial charge on any atom is -0.388 e. The molecule has 132 valence electrons. The zero-order valence-corrected chi connectivity index (χ0v) is 15.9. The predicted octanol–water partition coefficient (Wildman–Crippen LogP) is 5.86. The lowest BCUT2D eigenvalue weighted by Gasteiger charge is -2.23. The van der Waals surface area contributed by atoms with Crippen LogP contribution in [0.1, 0.15) is 89.9 Å². The van der Waals surface area contributed by atoms with Gasteiger partial charge in [-0.05, 0) is 56.1 Å². The second-order valence-corrected chi connectivity index (χ2v) is 7.88. The maximum atomic E-state index is 10.4. The summed E-state index contributed by atoms with van der Waals surface area (Å²) in [4.78, 5) is 0. The van der Waals surface area contributed by atoms with Gasteiger partial charge in [-0.2, -0.15) is 0 Å². The fourth-order valence-electron chi connectivity index (χ4n) is 2.83. The van der Waals surface area contributed by atoms with E-state index in [1.807, 2.05) is 0 Å². The van der Waals surface area contributed by atoms with Crippen LogP contribution in [-0.2, 0) is 4.74 Å². The fourth-order valence-corrected chi connectivity index (χ4v) is 2.83. The smallest absolute Gasteiger partial charge is 0.0790 e. The molecule has 0 aliphatic rings. The van der Waals surface area contributed by atoms with Crippen molar-refractivity contribution in [1.82, 2.24) is 0 Å². The Hall–Kier alpha value is -0.860. The highest BCUT2D eigenvalue weighted by molar-refractivity contribution is 5.26. The molecule has 1 rings (SSSR count). The molecule has 0 saturated carbocycles. The number of hydrogen-bond donors (Lipinski definition) is 1. The van der Waals surface area contributed by atoms with Crippen LogP contribution in [0.2, 0.25) is 0 Å². The zero-order valence-electron chi connectivity index (χ0n) is 15.9. The molecule has 1 aromatic rings. The van der Waals surface area contributed by atoms with Crippen molar-refractivity contribution in [2.75, 3.05) is 7.11 Å². The minimum absolute atomic E-state index is 0.0165. The summed E-state index contributed by atoms with van der Waals surface area (Å²) in [7, 11) is 1.78. The van der Waals surface area contributed by atoms with Gasteiger partial charge in [0.25, 0.3) is 0 Å². The SMILES string of the molecule is COC(C)(C)CCCC(C)CCC(O)c1ccc(C(C)C)cc1. The second kappa shape index (κ2) is 9.44. The number of benzene rings is 1. The van der Waals surface area contributed by atoms with Gasteiger partial charge in [0.2, 0.25) is 0 Å². The van der Waals surface area contributed by atoms with Crippen molar-refractivity contribution in [3.63, 3.8) is 0 Å². The molecule has 2 unspecified atom stereocenters. The Morgan fingerprint density at radius 3 is 2.04 bits per heavy atom. The van der Waals surface area contributed by atoms with Crippen molar-refractivity contribution in [3.8, 4) is 0 Å². The standard InChI is InChI=1S/C21H36O2/c1-16(2)18-10-12-19(13-11-18)20(22)14-9-17(3)8-7-15-21(4,5)23-6/h10-13,16-17,20,22H,7-9,14-15H2,1-6H3. The van der Waals surface area contributed by atoms with E-state index in [0.29, 0.717) is 11.8 Å². The quantitative estimate of drug-likeness (QED) is 0.585. The Kier molecular flexibility index (Phi) is 8.28. The van der Waals surface area contributed by atoms with Crippen LogP contribution in [0, 0.1) is 5.92 Å². The molecule has 1 N–H and O–H groups in total. The van der Waals surface area contributed by atoms with Gasteiger partial charge in [-0.1, -0.05) is 57.9 Å². The first-order valence-electron chi connectivity index (χ1n) is 9.08. The number of aliphatic hydroxyl groups is 1. The monoisotopic (exact) mass is 320 g/mol. The van der Waals surface area contributed by atoms with Crippen LogP contribution in [0.4, 0.5) is 0 Å². The van der Waals surface area contributed by atoms with Crippen molar-refractivity contribution in [1.29, 1.82) is 0 Å². The summed E-state index contributed by atoms with van der Waals surface area (Å²) in [5, 5.41) is 10.4. The van der Waals surface area contributed by atoms with E-state index < -0.39 is 0 Å². The Balaban J connectivity index is 2.33. The van der Waals surface area contributed by atoms with Crippen LogP contribution >= 0.6 is 0 Å². The van der Waals surface area contributed by atoms with Crippen LogP contribution in [-0.4, -0.2) is 17.8 Å². The van der Waals surface area contributed by atoms with Crippen LogP contribution in [0.25, 0.3) is 0 Å². The van der Waals surface area contributed by atoms with Gasteiger partial charge in [-0.15, -0.1) is 0 Å². The summed E-state index contributed by atoms with van der Waals surface area (Å²) in [6, 6.07) is 8.43. The van der Waals surface area contributed by atoms with Gasteiger partial charge in [0.05, 0.1) is 11.7 Å². The molecule has 0 aromatic heterocycles. The van der Waals surface area contributed by atoms with Gasteiger partial charge in [0, 0.05) is 7.11 Å². The third-order valence-electron chi connectivity index (χ3n) is 4.95. The van der Waals surface area contributed by atoms with Crippen molar-refractivity contribution >= 4 is 0 Å². The molecule has 0 radical (unpaired) electrons. The summed E-state index contributed by atoms with van der Waals surface area (Å²) in [6.07, 6.45) is 5.05. The van der Waals surface area contributed by atoms with Crippen LogP contribution < -0.4 is 0 Å². The average Bonchev–Trinajstić information content (AvgIpc) is 2.52. The number of aliphatic hydroxyl groups excluding tert-OH is 1. The van der Waals surface area contributed by atoms with E-state index in [2.05, 4.69) is 58.9 Å². The van der Waals surface area contributed by atoms with Gasteiger partial charge < -0.3 is 9.84 Å². The molecule has 0 aliphatic heterocycles. The molecule has 0 heterocycles. The van der Waals surface area contributed by atoms with Gasteiger partial charge in [0.1, 0.15) is 0 Å². The maximum absolute atomic E-state index is 10.4. The van der Waals surface area contributed by atoms with E-state index in [9.17, 15) is 5.11 Å². The van der Waals surface area contributed by atoms with Crippen LogP contribution in [0.5, 0.6) is 0 Å². The predicted molar refractivity (Wildman–Crippen MR) is 98.8 cm³/mol. The van der Waals surface area contributed by atoms with E-state index in [1.54, 1.807) is 7.11 Å². The molecule has 2 nitrogen and oxygen atoms in total. The molecule has 0 spiro atoms. The van der Waals surface area contributed by atoms with Gasteiger partial charge >= 0.3 is 0 Å². The molecule has 0 saturated heterocycles. The number of ether oxygens (including phenoxy) is 1.